The molecule has 0 spiro atoms. The zero-order chi connectivity index (χ0) is 27.7. The van der Waals surface area contributed by atoms with Crippen LogP contribution in [0.4, 0.5) is 15.9 Å². The quantitative estimate of drug-likeness (QED) is 0.173. The summed E-state index contributed by atoms with van der Waals surface area (Å²) in [5, 5.41) is 2.95. The molecule has 3 aromatic rings. The third-order valence-corrected chi connectivity index (χ3v) is 7.09. The van der Waals surface area contributed by atoms with E-state index in [1.54, 1.807) is 36.1 Å². The zero-order valence-electron chi connectivity index (χ0n) is 21.8. The summed E-state index contributed by atoms with van der Waals surface area (Å²) in [6.45, 7) is 4.46. The summed E-state index contributed by atoms with van der Waals surface area (Å²) >= 11 is 0. The van der Waals surface area contributed by atoms with Crippen LogP contribution in [0.25, 0.3) is 5.57 Å². The number of allylic oxidation sites excluding steroid dienone is 2. The van der Waals surface area contributed by atoms with Crippen LogP contribution in [0.5, 0.6) is 0 Å². The van der Waals surface area contributed by atoms with Crippen molar-refractivity contribution < 1.29 is 14.0 Å². The van der Waals surface area contributed by atoms with Gasteiger partial charge in [0.05, 0.1) is 23.2 Å². The van der Waals surface area contributed by atoms with Crippen molar-refractivity contribution in [3.05, 3.63) is 87.8 Å². The fourth-order valence-electron chi connectivity index (χ4n) is 5.27. The third kappa shape index (κ3) is 4.49. The molecule has 39 heavy (non-hydrogen) atoms. The van der Waals surface area contributed by atoms with Gasteiger partial charge in [0, 0.05) is 56.4 Å². The fraction of sp³-hybridized carbons (Fsp3) is 0.286. The minimum absolute atomic E-state index is 0.00268. The Morgan fingerprint density at radius 2 is 2.03 bits per heavy atom. The monoisotopic (exact) mass is 529 g/mol. The summed E-state index contributed by atoms with van der Waals surface area (Å²) in [4.78, 5) is 53.0. The first kappa shape index (κ1) is 26.0. The molecule has 0 atom stereocenters. The van der Waals surface area contributed by atoms with Gasteiger partial charge in [-0.05, 0) is 37.8 Å². The van der Waals surface area contributed by atoms with Crippen molar-refractivity contribution in [1.29, 1.82) is 0 Å². The number of rotatable bonds is 6. The predicted molar refractivity (Wildman–Crippen MR) is 146 cm³/mol. The number of aryl methyl sites for hydroxylation is 1. The lowest BCUT2D eigenvalue weighted by molar-refractivity contribution is -0.104. The molecular weight excluding hydrogens is 501 g/mol. The molecule has 200 valence electrons. The lowest BCUT2D eigenvalue weighted by Gasteiger charge is -2.30. The molecule has 0 bridgehead atoms. The number of carbonyl (C=O) groups is 2. The Morgan fingerprint density at radius 3 is 2.72 bits per heavy atom. The Hall–Kier alpha value is -4.67. The van der Waals surface area contributed by atoms with Gasteiger partial charge in [-0.15, -0.1) is 0 Å². The average Bonchev–Trinajstić information content (AvgIpc) is 3.25. The summed E-state index contributed by atoms with van der Waals surface area (Å²) in [7, 11) is 3.02. The molecule has 5 rings (SSSR count). The maximum Gasteiger partial charge on any atom is 0.293 e. The largest absolute Gasteiger partial charge is 0.336 e. The highest BCUT2D eigenvalue weighted by Gasteiger charge is 2.37. The minimum Gasteiger partial charge on any atom is -0.336 e. The number of amidine groups is 1. The van der Waals surface area contributed by atoms with Gasteiger partial charge >= 0.3 is 0 Å². The fourth-order valence-corrected chi connectivity index (χ4v) is 5.27. The van der Waals surface area contributed by atoms with Crippen molar-refractivity contribution in [1.82, 2.24) is 24.0 Å². The van der Waals surface area contributed by atoms with Crippen molar-refractivity contribution >= 4 is 35.1 Å². The number of nitrogens with one attached hydrogen (secondary N) is 1. The maximum atomic E-state index is 15.4. The number of anilines is 2. The number of halogens is 1. The van der Waals surface area contributed by atoms with E-state index < -0.39 is 17.3 Å². The van der Waals surface area contributed by atoms with E-state index in [1.807, 2.05) is 0 Å². The molecule has 0 saturated heterocycles. The molecule has 0 unspecified atom stereocenters. The van der Waals surface area contributed by atoms with Crippen LogP contribution in [0, 0.1) is 5.82 Å². The van der Waals surface area contributed by atoms with Crippen molar-refractivity contribution in [2.45, 2.75) is 32.2 Å². The molecule has 1 amide bonds. The van der Waals surface area contributed by atoms with E-state index in [9.17, 15) is 14.4 Å². The molecule has 4 heterocycles. The molecular formula is C28H28FN7O3. The van der Waals surface area contributed by atoms with Crippen molar-refractivity contribution in [2.75, 3.05) is 18.9 Å². The zero-order valence-corrected chi connectivity index (χ0v) is 21.8. The van der Waals surface area contributed by atoms with Crippen molar-refractivity contribution in [2.24, 2.45) is 12.0 Å². The number of fused-ring (bicyclic) bond motifs is 3. The second-order valence-corrected chi connectivity index (χ2v) is 9.36. The Labute approximate surface area is 224 Å². The van der Waals surface area contributed by atoms with E-state index in [-0.39, 0.29) is 40.7 Å². The van der Waals surface area contributed by atoms with E-state index in [1.165, 1.54) is 28.8 Å². The lowest BCUT2D eigenvalue weighted by Crippen LogP contribution is -2.45. The predicted octanol–water partition coefficient (Wildman–Crippen LogP) is 3.06. The first-order valence-electron chi connectivity index (χ1n) is 12.6. The van der Waals surface area contributed by atoms with Crippen LogP contribution in [-0.4, -0.2) is 55.6 Å². The van der Waals surface area contributed by atoms with E-state index in [2.05, 4.69) is 26.9 Å². The normalized spacial score (nSPS) is 15.8. The van der Waals surface area contributed by atoms with Crippen molar-refractivity contribution in [3.63, 3.8) is 0 Å². The maximum absolute atomic E-state index is 15.4. The topological polar surface area (TPSA) is 114 Å². The standard InChI is InChI=1S/C28H28FN7O3/c1-4-18(21-15-34(3)28(39)25(33-21)32-17-8-7-11-31-14-17)20(16-37)26(30-2)36-13-12-35-22-10-6-5-9-19(22)23(29)24(35)27(36)38/h4,7-8,11,14-16H,1,5-6,9-10,12-13H2,2-3H3,(H,32,33)/b20-18+,30-26?. The Kier molecular flexibility index (Phi) is 7.05. The molecule has 1 aliphatic carbocycles. The molecule has 0 fully saturated rings. The Morgan fingerprint density at radius 1 is 1.23 bits per heavy atom. The summed E-state index contributed by atoms with van der Waals surface area (Å²) in [6.07, 6.45) is 9.81. The second kappa shape index (κ2) is 10.6. The van der Waals surface area contributed by atoms with Crippen molar-refractivity contribution in [3.8, 4) is 0 Å². The van der Waals surface area contributed by atoms with Gasteiger partial charge in [-0.1, -0.05) is 12.7 Å². The van der Waals surface area contributed by atoms with Gasteiger partial charge in [0.15, 0.2) is 17.9 Å². The van der Waals surface area contributed by atoms with Crippen LogP contribution >= 0.6 is 0 Å². The molecule has 3 aromatic heterocycles. The summed E-state index contributed by atoms with van der Waals surface area (Å²) < 4.78 is 18.5. The number of aliphatic imine (C=N–C) groups is 1. The van der Waals surface area contributed by atoms with Crippen LogP contribution in [0.15, 0.2) is 58.7 Å². The van der Waals surface area contributed by atoms with Crippen LogP contribution < -0.4 is 10.9 Å². The number of carbonyl (C=O) groups excluding carboxylic acids is 2. The number of amides is 1. The summed E-state index contributed by atoms with van der Waals surface area (Å²) in [5.74, 6) is -0.945. The number of pyridine rings is 1. The SMILES string of the molecule is C=C/C(=C(/C=O)C(=NC)N1CCn2c3c(c(F)c2C1=O)CCCC3)c1cn(C)c(=O)c(Nc2cccnc2)n1. The molecule has 1 aliphatic heterocycles. The number of aromatic nitrogens is 4. The lowest BCUT2D eigenvalue weighted by atomic mass is 9.97. The van der Waals surface area contributed by atoms with Crippen LogP contribution in [0.1, 0.15) is 40.3 Å². The number of nitrogens with zero attached hydrogens (tertiary/aromatic N) is 6. The molecule has 11 heteroatoms. The van der Waals surface area contributed by atoms with E-state index in [4.69, 9.17) is 0 Å². The number of hydrogen-bond donors (Lipinski definition) is 1. The van der Waals surface area contributed by atoms with E-state index in [0.29, 0.717) is 30.5 Å². The molecule has 0 saturated carbocycles. The van der Waals surface area contributed by atoms with Gasteiger partial charge in [0.2, 0.25) is 0 Å². The first-order valence-corrected chi connectivity index (χ1v) is 12.6. The molecule has 0 aromatic carbocycles. The molecule has 10 nitrogen and oxygen atoms in total. The second-order valence-electron chi connectivity index (χ2n) is 9.36. The average molecular weight is 530 g/mol. The highest BCUT2D eigenvalue weighted by molar-refractivity contribution is 6.25. The van der Waals surface area contributed by atoms with Gasteiger partial charge in [0.1, 0.15) is 11.5 Å². The Balaban J connectivity index is 1.57. The first-order chi connectivity index (χ1) is 18.9. The highest BCUT2D eigenvalue weighted by Crippen LogP contribution is 2.32. The van der Waals surface area contributed by atoms with Gasteiger partial charge in [-0.3, -0.25) is 29.3 Å². The van der Waals surface area contributed by atoms with Crippen LogP contribution in [0.3, 0.4) is 0 Å². The third-order valence-electron chi connectivity index (χ3n) is 7.09. The van der Waals surface area contributed by atoms with E-state index in [0.717, 1.165) is 25.0 Å². The van der Waals surface area contributed by atoms with Crippen LogP contribution in [0.2, 0.25) is 0 Å². The number of hydrogen-bond acceptors (Lipinski definition) is 7. The molecule has 1 N–H and O–H groups in total. The summed E-state index contributed by atoms with van der Waals surface area (Å²) in [5.41, 5.74) is 2.24. The number of aldehydes is 1. The van der Waals surface area contributed by atoms with Crippen LogP contribution in [-0.2, 0) is 31.2 Å². The Bertz CT molecular complexity index is 1600. The molecule has 2 aliphatic rings. The van der Waals surface area contributed by atoms with Gasteiger partial charge < -0.3 is 14.5 Å². The minimum atomic E-state index is -0.552. The highest BCUT2D eigenvalue weighted by atomic mass is 19.1. The van der Waals surface area contributed by atoms with Gasteiger partial charge in [-0.2, -0.15) is 0 Å². The molecule has 0 radical (unpaired) electrons. The van der Waals surface area contributed by atoms with Gasteiger partial charge in [0.25, 0.3) is 11.5 Å². The van der Waals surface area contributed by atoms with E-state index >= 15 is 4.39 Å². The smallest absolute Gasteiger partial charge is 0.293 e. The van der Waals surface area contributed by atoms with Gasteiger partial charge in [-0.25, -0.2) is 9.37 Å². The summed E-state index contributed by atoms with van der Waals surface area (Å²) in [6, 6.07) is 3.45.